The van der Waals surface area contributed by atoms with Gasteiger partial charge in [0, 0.05) is 23.0 Å². The van der Waals surface area contributed by atoms with Gasteiger partial charge in [-0.25, -0.2) is 9.59 Å². The van der Waals surface area contributed by atoms with Crippen molar-refractivity contribution >= 4 is 35.4 Å². The smallest absolute Gasteiger partial charge is 0.354 e. The van der Waals surface area contributed by atoms with Crippen LogP contribution in [0.5, 0.6) is 23.0 Å². The van der Waals surface area contributed by atoms with Gasteiger partial charge in [-0.2, -0.15) is 0 Å². The Labute approximate surface area is 261 Å². The molecule has 14 nitrogen and oxygen atoms in total. The topological polar surface area (TPSA) is 198 Å². The summed E-state index contributed by atoms with van der Waals surface area (Å²) in [5, 5.41) is 21.7. The van der Waals surface area contributed by atoms with Gasteiger partial charge in [-0.1, -0.05) is 13.8 Å². The van der Waals surface area contributed by atoms with Gasteiger partial charge in [-0.3, -0.25) is 19.2 Å². The SMILES string of the molecule is COC(=O)C1Oc2c(-c3ccc(O)c4c3OC(C(=O)OC)([C@H]3OC(=O)C[C@@H]3C)CC4=O)ccc(O)c2C(=O)C1[C@@H]1OC(=O)C[C@@H]1C. The molecule has 4 aliphatic heterocycles. The molecule has 46 heavy (non-hydrogen) atoms. The molecule has 4 heterocycles. The summed E-state index contributed by atoms with van der Waals surface area (Å²) in [6, 6.07) is 5.05. The van der Waals surface area contributed by atoms with E-state index in [4.69, 9.17) is 28.4 Å². The summed E-state index contributed by atoms with van der Waals surface area (Å²) < 4.78 is 33.2. The first kappa shape index (κ1) is 30.9. The number of esters is 4. The number of aromatic hydroxyl groups is 2. The van der Waals surface area contributed by atoms with Gasteiger partial charge in [0.1, 0.15) is 46.1 Å². The Balaban J connectivity index is 1.54. The van der Waals surface area contributed by atoms with Crippen molar-refractivity contribution in [3.8, 4) is 34.1 Å². The maximum absolute atomic E-state index is 14.1. The monoisotopic (exact) mass is 638 g/mol. The number of ketones is 2. The molecule has 0 saturated carbocycles. The average molecular weight is 639 g/mol. The number of carbonyl (C=O) groups excluding carboxylic acids is 6. The zero-order valence-corrected chi connectivity index (χ0v) is 25.2. The lowest BCUT2D eigenvalue weighted by atomic mass is 9.78. The fraction of sp³-hybridized carbons (Fsp3) is 0.438. The standard InChI is InChI=1S/C32H30O14/c1-12-9-19(36)43-25(12)23-24(38)22-17(34)8-5-14(26(22)45-28(23)30(39)41-3)15-6-7-16(33)21-18(35)11-32(31(40)42-4,46-27(15)21)29-13(2)10-20(37)44-29/h5-8,12-13,23,25,28-29,33-34H,9-11H2,1-4H3/t12-,13-,23?,25+,28?,29-,32?/m0/s1. The summed E-state index contributed by atoms with van der Waals surface area (Å²) in [6.07, 6.45) is -4.56. The van der Waals surface area contributed by atoms with Crippen molar-refractivity contribution in [2.24, 2.45) is 17.8 Å². The van der Waals surface area contributed by atoms with Gasteiger partial charge in [0.2, 0.25) is 11.7 Å². The van der Waals surface area contributed by atoms with Gasteiger partial charge < -0.3 is 38.6 Å². The van der Waals surface area contributed by atoms with E-state index in [0.717, 1.165) is 14.2 Å². The molecule has 2 fully saturated rings. The Bertz CT molecular complexity index is 1710. The fourth-order valence-corrected chi connectivity index (χ4v) is 6.90. The van der Waals surface area contributed by atoms with Gasteiger partial charge in [0.05, 0.1) is 33.5 Å². The number of rotatable bonds is 5. The highest BCUT2D eigenvalue weighted by molar-refractivity contribution is 6.11. The summed E-state index contributed by atoms with van der Waals surface area (Å²) >= 11 is 0. The largest absolute Gasteiger partial charge is 0.507 e. The quantitative estimate of drug-likeness (QED) is 0.357. The van der Waals surface area contributed by atoms with E-state index in [9.17, 15) is 39.0 Å². The Hall–Kier alpha value is -5.14. The number of carbonyl (C=O) groups is 6. The van der Waals surface area contributed by atoms with Crippen LogP contribution in [0.25, 0.3) is 11.1 Å². The maximum atomic E-state index is 14.1. The minimum atomic E-state index is -2.14. The van der Waals surface area contributed by atoms with E-state index in [0.29, 0.717) is 0 Å². The molecule has 2 aromatic rings. The second-order valence-corrected chi connectivity index (χ2v) is 11.9. The van der Waals surface area contributed by atoms with Crippen LogP contribution < -0.4 is 9.47 Å². The van der Waals surface area contributed by atoms with Crippen LogP contribution in [0.15, 0.2) is 24.3 Å². The molecule has 6 rings (SSSR count). The van der Waals surface area contributed by atoms with Crippen LogP contribution in [0, 0.1) is 17.8 Å². The lowest BCUT2D eigenvalue weighted by Crippen LogP contribution is -2.59. The molecule has 0 aliphatic carbocycles. The van der Waals surface area contributed by atoms with Crippen molar-refractivity contribution in [2.75, 3.05) is 14.2 Å². The molecule has 14 heteroatoms. The molecule has 0 amide bonds. The number of methoxy groups -OCH3 is 2. The van der Waals surface area contributed by atoms with Crippen molar-refractivity contribution < 1.29 is 67.4 Å². The number of Topliss-reactive ketones (excluding diaryl/α,β-unsaturated/α-hetero) is 2. The van der Waals surface area contributed by atoms with E-state index < -0.39 is 95.0 Å². The minimum absolute atomic E-state index is 0.00307. The molecule has 2 saturated heterocycles. The molecular formula is C32H30O14. The minimum Gasteiger partial charge on any atom is -0.507 e. The zero-order valence-electron chi connectivity index (χ0n) is 25.2. The summed E-state index contributed by atoms with van der Waals surface area (Å²) in [4.78, 5) is 78.5. The van der Waals surface area contributed by atoms with Crippen LogP contribution >= 0.6 is 0 Å². The number of benzene rings is 2. The summed E-state index contributed by atoms with van der Waals surface area (Å²) in [7, 11) is 2.18. The van der Waals surface area contributed by atoms with Gasteiger partial charge in [-0.05, 0) is 24.3 Å². The van der Waals surface area contributed by atoms with Crippen LogP contribution in [0.4, 0.5) is 0 Å². The van der Waals surface area contributed by atoms with Gasteiger partial charge in [-0.15, -0.1) is 0 Å². The molecule has 242 valence electrons. The summed E-state index contributed by atoms with van der Waals surface area (Å²) in [5.41, 5.74) is -2.71. The number of phenols is 2. The van der Waals surface area contributed by atoms with Crippen LogP contribution in [0.2, 0.25) is 0 Å². The first-order chi connectivity index (χ1) is 21.8. The van der Waals surface area contributed by atoms with E-state index in [1.54, 1.807) is 13.8 Å². The van der Waals surface area contributed by atoms with Crippen molar-refractivity contribution in [2.45, 2.75) is 57.0 Å². The fourth-order valence-electron chi connectivity index (χ4n) is 6.90. The molecule has 0 aromatic heterocycles. The molecule has 3 unspecified atom stereocenters. The van der Waals surface area contributed by atoms with Crippen LogP contribution in [-0.2, 0) is 38.1 Å². The second kappa shape index (κ2) is 11.0. The number of hydrogen-bond acceptors (Lipinski definition) is 14. The average Bonchev–Trinajstić information content (AvgIpc) is 3.54. The molecular weight excluding hydrogens is 608 g/mol. The first-order valence-electron chi connectivity index (χ1n) is 14.5. The predicted molar refractivity (Wildman–Crippen MR) is 151 cm³/mol. The highest BCUT2D eigenvalue weighted by Gasteiger charge is 2.61. The molecule has 0 bridgehead atoms. The van der Waals surface area contributed by atoms with Gasteiger partial charge in [0.25, 0.3) is 0 Å². The Morgan fingerprint density at radius 3 is 1.98 bits per heavy atom. The predicted octanol–water partition coefficient (Wildman–Crippen LogP) is 2.28. The highest BCUT2D eigenvalue weighted by atomic mass is 16.6. The number of hydrogen-bond donors (Lipinski definition) is 2. The molecule has 7 atom stereocenters. The molecule has 2 aromatic carbocycles. The molecule has 0 radical (unpaired) electrons. The number of cyclic esters (lactones) is 2. The Morgan fingerprint density at radius 2 is 1.41 bits per heavy atom. The van der Waals surface area contributed by atoms with E-state index in [1.165, 1.54) is 24.3 Å². The molecule has 2 N–H and O–H groups in total. The van der Waals surface area contributed by atoms with Crippen LogP contribution in [-0.4, -0.2) is 83.8 Å². The molecule has 0 spiro atoms. The van der Waals surface area contributed by atoms with Crippen LogP contribution in [0.1, 0.15) is 53.8 Å². The lowest BCUT2D eigenvalue weighted by Gasteiger charge is -2.40. The Kier molecular flexibility index (Phi) is 7.40. The van der Waals surface area contributed by atoms with E-state index in [2.05, 4.69) is 0 Å². The van der Waals surface area contributed by atoms with Crippen molar-refractivity contribution in [3.63, 3.8) is 0 Å². The number of ether oxygens (including phenoxy) is 6. The third-order valence-electron chi connectivity index (χ3n) is 9.03. The van der Waals surface area contributed by atoms with Crippen molar-refractivity contribution in [1.82, 2.24) is 0 Å². The highest BCUT2D eigenvalue weighted by Crippen LogP contribution is 2.53. The maximum Gasteiger partial charge on any atom is 0.354 e. The third kappa shape index (κ3) is 4.53. The zero-order chi connectivity index (χ0) is 33.2. The van der Waals surface area contributed by atoms with Gasteiger partial charge >= 0.3 is 23.9 Å². The van der Waals surface area contributed by atoms with E-state index >= 15 is 0 Å². The molecule has 4 aliphatic rings. The Morgan fingerprint density at radius 1 is 0.804 bits per heavy atom. The number of phenolic OH excluding ortho intramolecular Hbond substituents is 2. The first-order valence-corrected chi connectivity index (χ1v) is 14.5. The van der Waals surface area contributed by atoms with Crippen molar-refractivity contribution in [3.05, 3.63) is 35.4 Å². The van der Waals surface area contributed by atoms with Gasteiger partial charge in [0.15, 0.2) is 17.7 Å². The summed E-state index contributed by atoms with van der Waals surface area (Å²) in [5.74, 6) is -8.58. The number of fused-ring (bicyclic) bond motifs is 2. The lowest BCUT2D eigenvalue weighted by molar-refractivity contribution is -0.177. The van der Waals surface area contributed by atoms with Crippen LogP contribution in [0.3, 0.4) is 0 Å². The van der Waals surface area contributed by atoms with Crippen molar-refractivity contribution in [1.29, 1.82) is 0 Å². The second-order valence-electron chi connectivity index (χ2n) is 11.9. The third-order valence-corrected chi connectivity index (χ3v) is 9.03. The van der Waals surface area contributed by atoms with E-state index in [1.807, 2.05) is 0 Å². The normalized spacial score (nSPS) is 29.9. The van der Waals surface area contributed by atoms with E-state index in [-0.39, 0.29) is 46.6 Å². The summed E-state index contributed by atoms with van der Waals surface area (Å²) in [6.45, 7) is 3.32.